The first-order valence-corrected chi connectivity index (χ1v) is 16.7. The summed E-state index contributed by atoms with van der Waals surface area (Å²) in [6.07, 6.45) is 6.20. The van der Waals surface area contributed by atoms with Crippen LogP contribution in [0, 0.1) is 27.1 Å². The van der Waals surface area contributed by atoms with Gasteiger partial charge >= 0.3 is 17.9 Å². The van der Waals surface area contributed by atoms with Crippen LogP contribution in [0.15, 0.2) is 36.4 Å². The quantitative estimate of drug-likeness (QED) is 0.201. The molecular weight excluding hydrogens is 724 g/mol. The molecule has 0 radical (unpaired) electrons. The fourth-order valence-electron chi connectivity index (χ4n) is 8.06. The van der Waals surface area contributed by atoms with Crippen molar-refractivity contribution in [2.45, 2.75) is 78.2 Å². The fraction of sp³-hybridized carbons (Fsp3) is 0.543. The van der Waals surface area contributed by atoms with E-state index in [1.165, 1.54) is 32.4 Å². The first-order chi connectivity index (χ1) is 21.6. The Labute approximate surface area is 307 Å². The van der Waals surface area contributed by atoms with Gasteiger partial charge in [-0.3, -0.25) is 14.4 Å². The van der Waals surface area contributed by atoms with Crippen LogP contribution in [0.3, 0.4) is 0 Å². The third-order valence-electron chi connectivity index (χ3n) is 11.2. The van der Waals surface area contributed by atoms with E-state index in [1.54, 1.807) is 18.2 Å². The highest BCUT2D eigenvalue weighted by Gasteiger charge is 2.75. The van der Waals surface area contributed by atoms with Crippen LogP contribution in [0.25, 0.3) is 0 Å². The monoisotopic (exact) mass is 763 g/mol. The Morgan fingerprint density at radius 1 is 0.708 bits per heavy atom. The van der Waals surface area contributed by atoms with E-state index in [1.807, 2.05) is 27.7 Å². The standard InChI is InChI=1S/C18H20Cl2O3.C10H17NO2.C7H4Cl2O2.ClH/c1-16(2,15(22)23-3)18-8-17(9-18,10-18)7-14(21)11-4-5-12(19)13(20)6-11;1-8(2,7(12)13-3)9-4-10(11,5-9)6-9;8-5-2-1-4(7(10)11)3-6(5)9;/h4-6H,7-10H2,1-3H3;4-6,11H2,1-3H3;1-3H,(H,10,11);1H. The van der Waals surface area contributed by atoms with Gasteiger partial charge in [0, 0.05) is 17.5 Å². The number of Topliss-reactive ketones (excluding diaryl/α,β-unsaturated/α-hetero) is 1. The van der Waals surface area contributed by atoms with Gasteiger partial charge in [-0.1, -0.05) is 46.4 Å². The molecule has 13 heteroatoms. The summed E-state index contributed by atoms with van der Waals surface area (Å²) in [4.78, 5) is 46.4. The zero-order valence-corrected chi connectivity index (χ0v) is 31.6. The molecule has 8 nitrogen and oxygen atoms in total. The molecule has 0 atom stereocenters. The van der Waals surface area contributed by atoms with Gasteiger partial charge < -0.3 is 20.3 Å². The minimum Gasteiger partial charge on any atom is -0.478 e. The number of ether oxygens (including phenoxy) is 2. The third kappa shape index (κ3) is 7.08. The number of carboxylic acid groups (broad SMARTS) is 1. The molecule has 6 aliphatic carbocycles. The van der Waals surface area contributed by atoms with E-state index < -0.39 is 11.4 Å². The predicted octanol–water partition coefficient (Wildman–Crippen LogP) is 9.12. The lowest BCUT2D eigenvalue weighted by Crippen LogP contribution is -2.77. The number of halogens is 5. The minimum absolute atomic E-state index is 0. The maximum absolute atomic E-state index is 12.5. The Balaban J connectivity index is 0.000000212. The zero-order chi connectivity index (χ0) is 35.4. The summed E-state index contributed by atoms with van der Waals surface area (Å²) in [5.74, 6) is -1.19. The van der Waals surface area contributed by atoms with Gasteiger partial charge in [-0.05, 0) is 119 Å². The number of ketones is 1. The van der Waals surface area contributed by atoms with Crippen molar-refractivity contribution in [2.24, 2.45) is 32.8 Å². The normalized spacial score (nSPS) is 27.2. The van der Waals surface area contributed by atoms with E-state index >= 15 is 0 Å². The highest BCUT2D eigenvalue weighted by Crippen LogP contribution is 2.80. The molecule has 0 amide bonds. The molecule has 2 aromatic carbocycles. The van der Waals surface area contributed by atoms with Crippen LogP contribution in [0.5, 0.6) is 0 Å². The number of rotatable bonds is 8. The van der Waals surface area contributed by atoms with Crippen LogP contribution in [-0.4, -0.2) is 48.6 Å². The van der Waals surface area contributed by atoms with E-state index in [0.717, 1.165) is 38.5 Å². The molecule has 4 bridgehead atoms. The van der Waals surface area contributed by atoms with Crippen molar-refractivity contribution >= 4 is 82.5 Å². The molecule has 6 saturated carbocycles. The van der Waals surface area contributed by atoms with Crippen LogP contribution in [-0.2, 0) is 19.1 Å². The molecule has 0 heterocycles. The summed E-state index contributed by atoms with van der Waals surface area (Å²) in [7, 11) is 2.88. The van der Waals surface area contributed by atoms with Crippen molar-refractivity contribution in [1.82, 2.24) is 0 Å². The van der Waals surface area contributed by atoms with Crippen LogP contribution < -0.4 is 5.73 Å². The number of carboxylic acids is 1. The van der Waals surface area contributed by atoms with Gasteiger partial charge in [0.1, 0.15) is 0 Å². The summed E-state index contributed by atoms with van der Waals surface area (Å²) < 4.78 is 9.75. The van der Waals surface area contributed by atoms with E-state index in [-0.39, 0.29) is 67.9 Å². The Morgan fingerprint density at radius 2 is 1.08 bits per heavy atom. The number of hydrogen-bond acceptors (Lipinski definition) is 7. The molecule has 264 valence electrons. The van der Waals surface area contributed by atoms with Crippen LogP contribution in [0.4, 0.5) is 0 Å². The summed E-state index contributed by atoms with van der Waals surface area (Å²) in [6, 6.07) is 9.17. The summed E-state index contributed by atoms with van der Waals surface area (Å²) in [5.41, 5.74) is 6.11. The molecule has 6 aliphatic rings. The fourth-order valence-corrected chi connectivity index (χ4v) is 8.66. The summed E-state index contributed by atoms with van der Waals surface area (Å²) in [6.45, 7) is 7.83. The van der Waals surface area contributed by atoms with Gasteiger partial charge in [-0.15, -0.1) is 12.4 Å². The molecule has 0 saturated heterocycles. The van der Waals surface area contributed by atoms with Gasteiger partial charge in [0.05, 0.1) is 50.7 Å². The first-order valence-electron chi connectivity index (χ1n) is 15.2. The van der Waals surface area contributed by atoms with Crippen molar-refractivity contribution in [3.8, 4) is 0 Å². The highest BCUT2D eigenvalue weighted by molar-refractivity contribution is 6.42. The molecule has 0 aromatic heterocycles. The smallest absolute Gasteiger partial charge is 0.335 e. The molecule has 2 aromatic rings. The maximum Gasteiger partial charge on any atom is 0.335 e. The number of aromatic carboxylic acids is 1. The van der Waals surface area contributed by atoms with Crippen LogP contribution >= 0.6 is 58.8 Å². The first kappa shape index (κ1) is 40.4. The van der Waals surface area contributed by atoms with Crippen molar-refractivity contribution < 1.29 is 33.8 Å². The summed E-state index contributed by atoms with van der Waals surface area (Å²) in [5, 5.41) is 9.97. The maximum atomic E-state index is 12.5. The Bertz CT molecular complexity index is 1580. The second kappa shape index (κ2) is 13.9. The highest BCUT2D eigenvalue weighted by atomic mass is 35.5. The van der Waals surface area contributed by atoms with E-state index in [2.05, 4.69) is 0 Å². The van der Waals surface area contributed by atoms with Crippen LogP contribution in [0.1, 0.15) is 93.4 Å². The lowest BCUT2D eigenvalue weighted by atomic mass is 9.28. The molecule has 0 aliphatic heterocycles. The number of carbonyl (C=O) groups excluding carboxylic acids is 3. The number of hydrogen-bond donors (Lipinski definition) is 2. The minimum atomic E-state index is -1.01. The number of nitrogens with two attached hydrogens (primary N) is 1. The van der Waals surface area contributed by atoms with Gasteiger partial charge in [0.2, 0.25) is 0 Å². The average Bonchev–Trinajstić information content (AvgIpc) is 2.93. The van der Waals surface area contributed by atoms with Crippen molar-refractivity contribution in [1.29, 1.82) is 0 Å². The number of methoxy groups -OCH3 is 2. The lowest BCUT2D eigenvalue weighted by molar-refractivity contribution is -0.261. The van der Waals surface area contributed by atoms with Gasteiger partial charge in [-0.25, -0.2) is 4.79 Å². The predicted molar refractivity (Wildman–Crippen MR) is 190 cm³/mol. The van der Waals surface area contributed by atoms with Crippen LogP contribution in [0.2, 0.25) is 20.1 Å². The average molecular weight is 766 g/mol. The van der Waals surface area contributed by atoms with Gasteiger partial charge in [0.15, 0.2) is 5.78 Å². The largest absolute Gasteiger partial charge is 0.478 e. The van der Waals surface area contributed by atoms with Gasteiger partial charge in [0.25, 0.3) is 0 Å². The molecule has 0 unspecified atom stereocenters. The number of esters is 2. The molecule has 0 spiro atoms. The third-order valence-corrected chi connectivity index (χ3v) is 12.7. The second-order valence-electron chi connectivity index (χ2n) is 14.9. The van der Waals surface area contributed by atoms with Gasteiger partial charge in [-0.2, -0.15) is 0 Å². The van der Waals surface area contributed by atoms with Crippen molar-refractivity contribution in [3.05, 3.63) is 67.6 Å². The van der Waals surface area contributed by atoms with Crippen molar-refractivity contribution in [2.75, 3.05) is 14.2 Å². The SMILES string of the molecule is COC(=O)C(C)(C)C12CC(CC(=O)c3ccc(Cl)c(Cl)c3)(C1)C2.COC(=O)C(C)(C)C12CC(N)(C1)C2.Cl.O=C(O)c1ccc(Cl)c(Cl)c1. The lowest BCUT2D eigenvalue weighted by Gasteiger charge is -2.75. The summed E-state index contributed by atoms with van der Waals surface area (Å²) >= 11 is 23.0. The molecular formula is C35H42Cl5NO7. The van der Waals surface area contributed by atoms with E-state index in [4.69, 9.17) is 66.7 Å². The van der Waals surface area contributed by atoms with Crippen molar-refractivity contribution in [3.63, 3.8) is 0 Å². The molecule has 8 rings (SSSR count). The second-order valence-corrected chi connectivity index (χ2v) is 16.5. The Hall–Kier alpha value is -2.07. The molecule has 3 N–H and O–H groups in total. The van der Waals surface area contributed by atoms with E-state index in [0.29, 0.717) is 27.1 Å². The number of benzene rings is 2. The Morgan fingerprint density at radius 3 is 1.44 bits per heavy atom. The number of carbonyl (C=O) groups is 4. The molecule has 6 fully saturated rings. The molecule has 48 heavy (non-hydrogen) atoms. The Kier molecular flexibility index (Phi) is 11.7. The van der Waals surface area contributed by atoms with E-state index in [9.17, 15) is 19.2 Å². The topological polar surface area (TPSA) is 133 Å². The zero-order valence-electron chi connectivity index (χ0n) is 27.8.